The van der Waals surface area contributed by atoms with Crippen LogP contribution >= 0.6 is 11.3 Å². The topological polar surface area (TPSA) is 122 Å². The molecule has 3 fully saturated rings. The van der Waals surface area contributed by atoms with Crippen molar-refractivity contribution in [2.24, 2.45) is 0 Å². The van der Waals surface area contributed by atoms with Crippen LogP contribution < -0.4 is 26.2 Å². The molecule has 3 atom stereocenters. The van der Waals surface area contributed by atoms with Crippen molar-refractivity contribution in [2.45, 2.75) is 43.3 Å². The fourth-order valence-corrected chi connectivity index (χ4v) is 6.99. The molecule has 5 heterocycles. The van der Waals surface area contributed by atoms with E-state index in [1.165, 1.54) is 13.2 Å². The van der Waals surface area contributed by atoms with Gasteiger partial charge in [0.25, 0.3) is 11.5 Å². The summed E-state index contributed by atoms with van der Waals surface area (Å²) in [5, 5.41) is 12.9. The number of fused-ring (bicyclic) bond motifs is 4. The number of piperazine rings is 1. The number of alkyl halides is 2. The Hall–Kier alpha value is -3.96. The first-order valence-electron chi connectivity index (χ1n) is 12.6. The fraction of sp³-hybridized carbons (Fsp3) is 0.385. The van der Waals surface area contributed by atoms with Gasteiger partial charge in [-0.25, -0.2) is 17.6 Å². The zero-order valence-electron chi connectivity index (χ0n) is 21.0. The number of nitrogens with zero attached hydrogens (tertiary/aromatic N) is 5. The van der Waals surface area contributed by atoms with Crippen LogP contribution in [-0.2, 0) is 0 Å². The van der Waals surface area contributed by atoms with Gasteiger partial charge in [-0.3, -0.25) is 9.36 Å². The van der Waals surface area contributed by atoms with Crippen LogP contribution in [0.15, 0.2) is 16.9 Å². The van der Waals surface area contributed by atoms with Crippen molar-refractivity contribution in [3.63, 3.8) is 0 Å². The lowest BCUT2D eigenvalue weighted by atomic mass is 10.0. The Bertz CT molecular complexity index is 1840. The van der Waals surface area contributed by atoms with Gasteiger partial charge in [-0.2, -0.15) is 15.2 Å². The summed E-state index contributed by atoms with van der Waals surface area (Å²) < 4.78 is 66.7. The summed E-state index contributed by atoms with van der Waals surface area (Å²) in [6.45, 7) is 0.957. The van der Waals surface area contributed by atoms with Gasteiger partial charge < -0.3 is 20.7 Å². The predicted molar refractivity (Wildman–Crippen MR) is 141 cm³/mol. The zero-order valence-corrected chi connectivity index (χ0v) is 21.8. The molecule has 1 aromatic carbocycles. The molecular weight excluding hydrogens is 550 g/mol. The van der Waals surface area contributed by atoms with Crippen molar-refractivity contribution >= 4 is 43.1 Å². The molecule has 3 N–H and O–H groups in total. The fourth-order valence-electron chi connectivity index (χ4n) is 6.04. The zero-order chi connectivity index (χ0) is 28.1. The number of nitrogen functional groups attached to an aromatic ring is 1. The number of aromatic nitrogens is 3. The first-order valence-corrected chi connectivity index (χ1v) is 13.4. The largest absolute Gasteiger partial charge is 0.467 e. The lowest BCUT2D eigenvalue weighted by Crippen LogP contribution is -2.51. The normalized spacial score (nSPS) is 23.1. The van der Waals surface area contributed by atoms with Crippen LogP contribution in [0.25, 0.3) is 32.2 Å². The number of benzene rings is 1. The highest BCUT2D eigenvalue weighted by molar-refractivity contribution is 7.23. The number of halogens is 4. The van der Waals surface area contributed by atoms with Crippen LogP contribution in [0.3, 0.4) is 0 Å². The summed E-state index contributed by atoms with van der Waals surface area (Å²) in [7, 11) is 1.30. The number of nitrogens with two attached hydrogens (primary N) is 1. The highest BCUT2D eigenvalue weighted by Crippen LogP contribution is 2.54. The molecule has 2 saturated heterocycles. The van der Waals surface area contributed by atoms with E-state index >= 15 is 4.39 Å². The van der Waals surface area contributed by atoms with Gasteiger partial charge in [0.05, 0.1) is 23.1 Å². The van der Waals surface area contributed by atoms with Crippen molar-refractivity contribution in [1.29, 1.82) is 5.26 Å². The molecule has 2 aliphatic heterocycles. The Balaban J connectivity index is 1.59. The van der Waals surface area contributed by atoms with Crippen molar-refractivity contribution in [3.8, 4) is 23.3 Å². The highest BCUT2D eigenvalue weighted by atomic mass is 32.1. The third kappa shape index (κ3) is 3.50. The monoisotopic (exact) mass is 571 g/mol. The molecule has 14 heteroatoms. The molecule has 9 nitrogen and oxygen atoms in total. The van der Waals surface area contributed by atoms with E-state index < -0.39 is 46.8 Å². The molecule has 0 spiro atoms. The second-order valence-corrected chi connectivity index (χ2v) is 11.4. The number of ether oxygens (including phenoxy) is 1. The number of hydrogen-bond acceptors (Lipinski definition) is 9. The summed E-state index contributed by atoms with van der Waals surface area (Å²) in [5.74, 6) is -4.97. The number of anilines is 2. The maximum Gasteiger partial charge on any atom is 0.318 e. The molecule has 2 bridgehead atoms. The van der Waals surface area contributed by atoms with Crippen molar-refractivity contribution in [3.05, 3.63) is 39.7 Å². The minimum atomic E-state index is -3.27. The number of pyridine rings is 1. The van der Waals surface area contributed by atoms with Crippen LogP contribution in [0.1, 0.15) is 30.9 Å². The Labute approximate surface area is 227 Å². The Morgan fingerprint density at radius 3 is 2.52 bits per heavy atom. The van der Waals surface area contributed by atoms with Crippen molar-refractivity contribution in [1.82, 2.24) is 19.9 Å². The number of methoxy groups -OCH3 is 1. The average molecular weight is 572 g/mol. The highest BCUT2D eigenvalue weighted by Gasteiger charge is 2.60. The molecular formula is C26H21F4N7O2S. The van der Waals surface area contributed by atoms with E-state index in [9.17, 15) is 23.2 Å². The first kappa shape index (κ1) is 25.0. The van der Waals surface area contributed by atoms with Gasteiger partial charge in [-0.1, -0.05) is 0 Å². The minimum absolute atomic E-state index is 0.0182. The second kappa shape index (κ2) is 8.52. The molecule has 7 rings (SSSR count). The van der Waals surface area contributed by atoms with Gasteiger partial charge in [0.2, 0.25) is 0 Å². The standard InChI is InChI=1S/C26H21F4N7O2S/c1-39-25-34-19-17(23(35-25)36-8-10-2-3-11(9-36)33-10)24(38)37(15-6-26(15,29)30)20(18(19)28)12-4-5-14(27)21-16(12)13(7-31)22(32)40-21/h4-5,10-11,15,33H,2-3,6,8-9,32H2,1H3. The quantitative estimate of drug-likeness (QED) is 0.354. The maximum absolute atomic E-state index is 16.7. The summed E-state index contributed by atoms with van der Waals surface area (Å²) in [6, 6.07) is 2.51. The number of nitrogens with one attached hydrogen (secondary N) is 1. The molecule has 206 valence electrons. The van der Waals surface area contributed by atoms with Crippen LogP contribution in [-0.4, -0.2) is 52.7 Å². The van der Waals surface area contributed by atoms with Crippen LogP contribution in [0.2, 0.25) is 0 Å². The van der Waals surface area contributed by atoms with E-state index in [0.717, 1.165) is 34.8 Å². The van der Waals surface area contributed by atoms with Gasteiger partial charge in [0, 0.05) is 42.5 Å². The Kier molecular flexibility index (Phi) is 5.33. The molecule has 0 amide bonds. The summed E-state index contributed by atoms with van der Waals surface area (Å²) >= 11 is 0.780. The number of thiophene rings is 1. The molecule has 3 aliphatic rings. The minimum Gasteiger partial charge on any atom is -0.467 e. The van der Waals surface area contributed by atoms with E-state index in [1.807, 2.05) is 11.0 Å². The van der Waals surface area contributed by atoms with E-state index in [2.05, 4.69) is 15.3 Å². The Morgan fingerprint density at radius 2 is 1.90 bits per heavy atom. The number of hydrogen-bond donors (Lipinski definition) is 2. The van der Waals surface area contributed by atoms with Gasteiger partial charge in [-0.15, -0.1) is 11.3 Å². The lowest BCUT2D eigenvalue weighted by Gasteiger charge is -2.34. The molecule has 40 heavy (non-hydrogen) atoms. The number of rotatable bonds is 4. The molecule has 1 saturated carbocycles. The van der Waals surface area contributed by atoms with Gasteiger partial charge >= 0.3 is 6.01 Å². The van der Waals surface area contributed by atoms with Crippen molar-refractivity contribution < 1.29 is 22.3 Å². The van der Waals surface area contributed by atoms with Crippen LogP contribution in [0.5, 0.6) is 6.01 Å². The SMILES string of the molecule is COc1nc(N2CC3CCC(C2)N3)c2c(=O)n(C3CC3(F)F)c(-c3ccc(F)c4sc(N)c(C#N)c34)c(F)c2n1. The summed E-state index contributed by atoms with van der Waals surface area (Å²) in [5.41, 5.74) is 3.88. The third-order valence-corrected chi connectivity index (χ3v) is 8.97. The molecule has 1 aliphatic carbocycles. The second-order valence-electron chi connectivity index (χ2n) is 10.4. The summed E-state index contributed by atoms with van der Waals surface area (Å²) in [4.78, 5) is 24.5. The average Bonchev–Trinajstić information content (AvgIpc) is 3.22. The van der Waals surface area contributed by atoms with E-state index in [-0.39, 0.29) is 55.5 Å². The Morgan fingerprint density at radius 1 is 1.20 bits per heavy atom. The van der Waals surface area contributed by atoms with E-state index in [1.54, 1.807) is 0 Å². The van der Waals surface area contributed by atoms with E-state index in [4.69, 9.17) is 10.5 Å². The number of nitriles is 1. The maximum atomic E-state index is 16.7. The molecule has 3 unspecified atom stereocenters. The van der Waals surface area contributed by atoms with Gasteiger partial charge in [-0.05, 0) is 25.0 Å². The van der Waals surface area contributed by atoms with Gasteiger partial charge in [0.1, 0.15) is 39.7 Å². The lowest BCUT2D eigenvalue weighted by molar-refractivity contribution is 0.100. The summed E-state index contributed by atoms with van der Waals surface area (Å²) in [6.07, 6.45) is 1.16. The molecule has 0 radical (unpaired) electrons. The predicted octanol–water partition coefficient (Wildman–Crippen LogP) is 3.93. The van der Waals surface area contributed by atoms with Crippen LogP contribution in [0.4, 0.5) is 28.4 Å². The molecule has 4 aromatic rings. The third-order valence-electron chi connectivity index (χ3n) is 7.95. The van der Waals surface area contributed by atoms with Crippen molar-refractivity contribution in [2.75, 3.05) is 30.8 Å². The van der Waals surface area contributed by atoms with E-state index in [0.29, 0.717) is 13.1 Å². The molecule has 3 aromatic heterocycles. The van der Waals surface area contributed by atoms with Crippen LogP contribution in [0, 0.1) is 23.0 Å². The van der Waals surface area contributed by atoms with Gasteiger partial charge in [0.15, 0.2) is 5.82 Å². The smallest absolute Gasteiger partial charge is 0.318 e. The first-order chi connectivity index (χ1) is 19.1.